The molecule has 8 nitrogen and oxygen atoms in total. The van der Waals surface area contributed by atoms with Crippen molar-refractivity contribution in [3.8, 4) is 11.8 Å². The summed E-state index contributed by atoms with van der Waals surface area (Å²) in [4.78, 5) is 14.9. The molecule has 2 atom stereocenters. The van der Waals surface area contributed by atoms with Crippen LogP contribution in [0, 0.1) is 24.5 Å². The number of fused-ring (bicyclic) bond motifs is 1. The number of nitrogens with one attached hydrogen (secondary N) is 1. The zero-order valence-electron chi connectivity index (χ0n) is 16.0. The molecule has 0 saturated carbocycles. The van der Waals surface area contributed by atoms with Crippen molar-refractivity contribution in [1.29, 1.82) is 0 Å². The molecule has 3 aliphatic rings. The van der Waals surface area contributed by atoms with Crippen LogP contribution in [-0.4, -0.2) is 37.3 Å². The van der Waals surface area contributed by atoms with Gasteiger partial charge >= 0.3 is 6.01 Å². The molecule has 2 aromatic heterocycles. The summed E-state index contributed by atoms with van der Waals surface area (Å²) in [5.41, 5.74) is 1.99. The van der Waals surface area contributed by atoms with E-state index in [2.05, 4.69) is 42.9 Å². The van der Waals surface area contributed by atoms with Gasteiger partial charge in [0.25, 0.3) is 0 Å². The van der Waals surface area contributed by atoms with Crippen molar-refractivity contribution in [1.82, 2.24) is 24.7 Å². The summed E-state index contributed by atoms with van der Waals surface area (Å²) in [6.07, 6.45) is 5.12. The summed E-state index contributed by atoms with van der Waals surface area (Å²) in [7, 11) is 0. The Labute approximate surface area is 170 Å². The first-order valence-electron chi connectivity index (χ1n) is 9.27. The third-order valence-electron chi connectivity index (χ3n) is 5.01. The minimum Gasteiger partial charge on any atom is -0.424 e. The highest BCUT2D eigenvalue weighted by Crippen LogP contribution is 2.42. The predicted octanol–water partition coefficient (Wildman–Crippen LogP) is 3.36. The van der Waals surface area contributed by atoms with Gasteiger partial charge in [-0.15, -0.1) is 5.10 Å². The molecule has 0 spiro atoms. The number of rotatable bonds is 6. The molecule has 152 valence electrons. The van der Waals surface area contributed by atoms with Crippen molar-refractivity contribution >= 4 is 18.0 Å². The van der Waals surface area contributed by atoms with Gasteiger partial charge in [-0.3, -0.25) is 0 Å². The van der Waals surface area contributed by atoms with Crippen LogP contribution in [0.25, 0.3) is 6.20 Å². The fraction of sp³-hybridized carbons (Fsp3) is 0.200. The third kappa shape index (κ3) is 3.15. The second-order valence-corrected chi connectivity index (χ2v) is 7.06. The molecule has 30 heavy (non-hydrogen) atoms. The Kier molecular flexibility index (Phi) is 4.19. The Morgan fingerprint density at radius 3 is 2.73 bits per heavy atom. The van der Waals surface area contributed by atoms with Gasteiger partial charge in [0.1, 0.15) is 29.5 Å². The molecule has 1 aromatic carbocycles. The van der Waals surface area contributed by atoms with E-state index in [-0.39, 0.29) is 23.7 Å². The van der Waals surface area contributed by atoms with Crippen molar-refractivity contribution < 1.29 is 13.5 Å². The zero-order chi connectivity index (χ0) is 20.8. The molecule has 2 unspecified atom stereocenters. The second-order valence-electron chi connectivity index (χ2n) is 7.06. The maximum atomic E-state index is 13.4. The highest BCUT2D eigenvalue weighted by Gasteiger charge is 2.45. The minimum atomic E-state index is -0.744. The molecule has 0 amide bonds. The highest BCUT2D eigenvalue weighted by atomic mass is 19.1. The normalized spacial score (nSPS) is 19.3. The van der Waals surface area contributed by atoms with Crippen molar-refractivity contribution in [2.24, 2.45) is 5.92 Å². The number of hydrogen-bond acceptors (Lipinski definition) is 7. The van der Waals surface area contributed by atoms with Gasteiger partial charge in [0.15, 0.2) is 0 Å². The maximum Gasteiger partial charge on any atom is 0.326 e. The molecule has 2 bridgehead atoms. The first-order chi connectivity index (χ1) is 14.5. The molecular formula is C20H17F2N7O. The van der Waals surface area contributed by atoms with Crippen molar-refractivity contribution in [2.75, 3.05) is 16.8 Å². The van der Waals surface area contributed by atoms with Gasteiger partial charge in [0.2, 0.25) is 5.95 Å². The molecule has 0 radical (unpaired) electrons. The van der Waals surface area contributed by atoms with Crippen LogP contribution in [0.5, 0.6) is 11.8 Å². The van der Waals surface area contributed by atoms with Crippen LogP contribution in [0.3, 0.4) is 0 Å². The number of anilines is 2. The number of aryl methyl sites for hydroxylation is 1. The smallest absolute Gasteiger partial charge is 0.326 e. The summed E-state index contributed by atoms with van der Waals surface area (Å²) >= 11 is 0. The van der Waals surface area contributed by atoms with E-state index >= 15 is 0 Å². The van der Waals surface area contributed by atoms with Crippen molar-refractivity contribution in [3.05, 3.63) is 66.3 Å². The first-order valence-corrected chi connectivity index (χ1v) is 9.27. The minimum absolute atomic E-state index is 0.0220. The molecule has 1 aliphatic carbocycles. The van der Waals surface area contributed by atoms with Crippen LogP contribution in [-0.2, 0) is 0 Å². The molecule has 10 heteroatoms. The molecule has 2 aliphatic heterocycles. The number of benzene rings is 1. The average Bonchev–Trinajstić information content (AvgIpc) is 3.38. The van der Waals surface area contributed by atoms with Gasteiger partial charge in [-0.1, -0.05) is 12.7 Å². The molecule has 4 heterocycles. The van der Waals surface area contributed by atoms with E-state index in [1.54, 1.807) is 6.33 Å². The summed E-state index contributed by atoms with van der Waals surface area (Å²) in [5, 5.41) is 7.58. The molecule has 1 fully saturated rings. The Morgan fingerprint density at radius 1 is 1.20 bits per heavy atom. The first kappa shape index (κ1) is 18.2. The number of aromatic nitrogens is 5. The second kappa shape index (κ2) is 6.90. The fourth-order valence-electron chi connectivity index (χ4n) is 3.64. The topological polar surface area (TPSA) is 81.0 Å². The van der Waals surface area contributed by atoms with Gasteiger partial charge in [-0.05, 0) is 6.92 Å². The van der Waals surface area contributed by atoms with Gasteiger partial charge in [-0.2, -0.15) is 9.67 Å². The molecule has 3 aromatic rings. The lowest BCUT2D eigenvalue weighted by molar-refractivity contribution is 0.423. The van der Waals surface area contributed by atoms with Gasteiger partial charge in [0.05, 0.1) is 6.04 Å². The van der Waals surface area contributed by atoms with Crippen molar-refractivity contribution in [2.45, 2.75) is 13.0 Å². The third-order valence-corrected chi connectivity index (χ3v) is 5.01. The van der Waals surface area contributed by atoms with Crippen LogP contribution in [0.15, 0.2) is 48.9 Å². The van der Waals surface area contributed by atoms with E-state index in [0.29, 0.717) is 5.95 Å². The van der Waals surface area contributed by atoms with Gasteiger partial charge < -0.3 is 15.0 Å². The standard InChI is InChI=1S/C20H17F2N7O/c1-3-29-20(30-15-7-13(21)6-14(22)8-15)26-19(27-29)25-18-12-5-16(18)28(9-12)17-4-11(2)23-10-24-17/h3-8,10,12,18H,1,9H2,2H3,(H,25,27). The summed E-state index contributed by atoms with van der Waals surface area (Å²) in [5.74, 6) is -0.0543. The Hall–Kier alpha value is -3.82. The van der Waals surface area contributed by atoms with Crippen LogP contribution in [0.4, 0.5) is 20.5 Å². The van der Waals surface area contributed by atoms with Gasteiger partial charge in [0, 0.05) is 54.3 Å². The lowest BCUT2D eigenvalue weighted by atomic mass is 9.91. The van der Waals surface area contributed by atoms with Crippen LogP contribution in [0.1, 0.15) is 5.69 Å². The SMILES string of the molecule is C=Cn1nc(NC2C3=CC2CN3c2cc(C)ncn2)nc1Oc1cc(F)cc(F)c1. The number of ether oxygens (including phenoxy) is 1. The van der Waals surface area contributed by atoms with Crippen LogP contribution in [0.2, 0.25) is 0 Å². The summed E-state index contributed by atoms with van der Waals surface area (Å²) in [6, 6.07) is 4.91. The van der Waals surface area contributed by atoms with E-state index in [4.69, 9.17) is 4.74 Å². The predicted molar refractivity (Wildman–Crippen MR) is 106 cm³/mol. The Morgan fingerprint density at radius 2 is 2.00 bits per heavy atom. The summed E-state index contributed by atoms with van der Waals surface area (Å²) < 4.78 is 33.6. The highest BCUT2D eigenvalue weighted by molar-refractivity contribution is 5.60. The molecule has 1 N–H and O–H groups in total. The maximum absolute atomic E-state index is 13.4. The average molecular weight is 409 g/mol. The van der Waals surface area contributed by atoms with Crippen LogP contribution < -0.4 is 15.0 Å². The monoisotopic (exact) mass is 409 g/mol. The molecule has 1 saturated heterocycles. The van der Waals surface area contributed by atoms with E-state index < -0.39 is 11.6 Å². The number of halogens is 2. The Balaban J connectivity index is 1.33. The number of hydrogen-bond donors (Lipinski definition) is 1. The number of nitrogens with zero attached hydrogens (tertiary/aromatic N) is 6. The summed E-state index contributed by atoms with van der Waals surface area (Å²) in [6.45, 7) is 6.40. The zero-order valence-corrected chi connectivity index (χ0v) is 16.0. The quantitative estimate of drug-likeness (QED) is 0.669. The largest absolute Gasteiger partial charge is 0.424 e. The van der Waals surface area contributed by atoms with E-state index in [1.807, 2.05) is 13.0 Å². The van der Waals surface area contributed by atoms with E-state index in [0.717, 1.165) is 42.0 Å². The van der Waals surface area contributed by atoms with Gasteiger partial charge in [-0.25, -0.2) is 18.7 Å². The van der Waals surface area contributed by atoms with Crippen molar-refractivity contribution in [3.63, 3.8) is 0 Å². The van der Waals surface area contributed by atoms with Crippen LogP contribution >= 0.6 is 0 Å². The lowest BCUT2D eigenvalue weighted by Gasteiger charge is -2.27. The molecule has 6 rings (SSSR count). The Bertz CT molecular complexity index is 1160. The van der Waals surface area contributed by atoms with E-state index in [1.165, 1.54) is 10.9 Å². The lowest BCUT2D eigenvalue weighted by Crippen LogP contribution is -2.34. The van der Waals surface area contributed by atoms with E-state index in [9.17, 15) is 8.78 Å². The fourth-order valence-corrected chi connectivity index (χ4v) is 3.64. The molecular weight excluding hydrogens is 392 g/mol.